The molecule has 13 aromatic rings. The molecule has 0 fully saturated rings. The molecule has 0 amide bonds. The molecular weight excluding hydrogens is 1210 g/mol. The fraction of sp³-hybridized carbons (Fsp3) is 0. The number of hydrogen-bond acceptors (Lipinski definition) is 2. The van der Waals surface area contributed by atoms with Crippen LogP contribution >= 0.6 is 31.7 Å². The van der Waals surface area contributed by atoms with Gasteiger partial charge >= 0.3 is 20.4 Å². The molecule has 0 saturated carbocycles. The molecule has 2 nitrogen and oxygen atoms in total. The van der Waals surface area contributed by atoms with Gasteiger partial charge in [0.15, 0.2) is 0 Å². The van der Waals surface area contributed by atoms with Gasteiger partial charge in [0.05, 0.1) is 0 Å². The molecule has 13 aromatic carbocycles. The summed E-state index contributed by atoms with van der Waals surface area (Å²) in [5, 5.41) is 37.1. The third kappa shape index (κ3) is 19.6. The Labute approximate surface area is 528 Å². The maximum atomic E-state index is 10.2. The van der Waals surface area contributed by atoms with E-state index < -0.39 is 38.8 Å². The van der Waals surface area contributed by atoms with E-state index in [1.807, 2.05) is 0 Å². The Bertz CT molecular complexity index is 2980. The number of hydrogen-bond donors (Lipinski definition) is 0. The van der Waals surface area contributed by atoms with Gasteiger partial charge in [-0.05, 0) is 95.3 Å². The van der Waals surface area contributed by atoms with Gasteiger partial charge in [-0.15, -0.1) is 5.46 Å². The predicted octanol–water partition coefficient (Wildman–Crippen LogP) is 11.9. The average Bonchev–Trinajstić information content (AvgIpc) is 3.39. The first-order valence-corrected chi connectivity index (χ1v) is 33.6. The van der Waals surface area contributed by atoms with Crippen molar-refractivity contribution in [3.05, 3.63) is 394 Å². The van der Waals surface area contributed by atoms with Gasteiger partial charge in [-0.1, -0.05) is 401 Å². The van der Waals surface area contributed by atoms with Crippen LogP contribution in [-0.4, -0.2) is 7.12 Å². The van der Waals surface area contributed by atoms with Gasteiger partial charge in [0.25, 0.3) is 0 Å². The molecule has 422 valence electrons. The minimum absolute atomic E-state index is 0. The van der Waals surface area contributed by atoms with Crippen LogP contribution in [0.4, 0.5) is 0 Å². The third-order valence-corrected chi connectivity index (χ3v) is 23.0. The fourth-order valence-electron chi connectivity index (χ4n) is 9.32. The molecule has 0 N–H and O–H groups in total. The molecule has 0 aliphatic heterocycles. The Hall–Kier alpha value is -7.77. The summed E-state index contributed by atoms with van der Waals surface area (Å²) >= 11 is 0. The molecule has 8 heteroatoms. The molecule has 0 spiro atoms. The second-order valence-electron chi connectivity index (χ2n) is 19.1. The van der Waals surface area contributed by atoms with Crippen LogP contribution in [0.5, 0.6) is 0 Å². The van der Waals surface area contributed by atoms with Crippen LogP contribution < -0.4 is 79.2 Å². The van der Waals surface area contributed by atoms with Crippen LogP contribution in [0, 0.1) is 0 Å². The standard InChI is InChI=1S/4C18H15P.C6H5BO2.Pd/c4*1-4-10-16(11-5-1)19(17-12-6-2-7-13-17)18-14-8-3-9-15-18;8-7(9)6-4-2-1-3-5-6;/h4*1-15H;1-5H;/q;;;;-2;+2. The van der Waals surface area contributed by atoms with E-state index in [9.17, 15) is 10.0 Å². The topological polar surface area (TPSA) is 46.1 Å². The second kappa shape index (κ2) is 36.3. The first-order chi connectivity index (χ1) is 42.1. The molecule has 0 atom stereocenters. The first-order valence-electron chi connectivity index (χ1n) is 28.3. The summed E-state index contributed by atoms with van der Waals surface area (Å²) in [6.45, 7) is 0. The van der Waals surface area contributed by atoms with Gasteiger partial charge in [-0.2, -0.15) is 0 Å². The van der Waals surface area contributed by atoms with Crippen molar-refractivity contribution < 1.29 is 30.5 Å². The minimum Gasteiger partial charge on any atom is -0.889 e. The van der Waals surface area contributed by atoms with Crippen LogP contribution in [0.15, 0.2) is 394 Å². The molecule has 0 radical (unpaired) electrons. The molecule has 0 bridgehead atoms. The molecule has 86 heavy (non-hydrogen) atoms. The van der Waals surface area contributed by atoms with Gasteiger partial charge in [0.2, 0.25) is 0 Å². The molecular formula is C78H65BO2P4Pd. The van der Waals surface area contributed by atoms with Crippen LogP contribution in [0.1, 0.15) is 0 Å². The summed E-state index contributed by atoms with van der Waals surface area (Å²) < 4.78 is 0. The van der Waals surface area contributed by atoms with E-state index in [0.29, 0.717) is 5.46 Å². The molecule has 0 heterocycles. The molecule has 13 rings (SSSR count). The summed E-state index contributed by atoms with van der Waals surface area (Å²) in [5.41, 5.74) is 0.303. The largest absolute Gasteiger partial charge is 2.00 e. The molecule has 0 aliphatic carbocycles. The second-order valence-corrected chi connectivity index (χ2v) is 28.0. The van der Waals surface area contributed by atoms with Crippen molar-refractivity contribution in [2.75, 3.05) is 0 Å². The quantitative estimate of drug-likeness (QED) is 0.0853. The summed E-state index contributed by atoms with van der Waals surface area (Å²) in [7, 11) is -3.63. The zero-order valence-corrected chi connectivity index (χ0v) is 52.7. The van der Waals surface area contributed by atoms with E-state index in [4.69, 9.17) is 0 Å². The van der Waals surface area contributed by atoms with Crippen LogP contribution in [0.2, 0.25) is 0 Å². The Kier molecular flexibility index (Phi) is 27.1. The van der Waals surface area contributed by atoms with Crippen LogP contribution in [0.3, 0.4) is 0 Å². The molecule has 0 aromatic heterocycles. The third-order valence-electron chi connectivity index (χ3n) is 13.2. The minimum atomic E-state index is -1.84. The van der Waals surface area contributed by atoms with Crippen LogP contribution in [0.25, 0.3) is 0 Å². The Balaban J connectivity index is 0.000000142. The number of benzene rings is 13. The van der Waals surface area contributed by atoms with Gasteiger partial charge in [0, 0.05) is 0 Å². The Morgan fingerprint density at radius 3 is 0.326 bits per heavy atom. The van der Waals surface area contributed by atoms with Crippen molar-refractivity contribution in [3.8, 4) is 0 Å². The summed E-state index contributed by atoms with van der Waals surface area (Å²) in [4.78, 5) is 0. The maximum absolute atomic E-state index is 10.2. The van der Waals surface area contributed by atoms with Crippen molar-refractivity contribution in [3.63, 3.8) is 0 Å². The molecule has 0 unspecified atom stereocenters. The maximum Gasteiger partial charge on any atom is 2.00 e. The van der Waals surface area contributed by atoms with E-state index >= 15 is 0 Å². The van der Waals surface area contributed by atoms with Crippen molar-refractivity contribution in [2.45, 2.75) is 0 Å². The predicted molar refractivity (Wildman–Crippen MR) is 372 cm³/mol. The van der Waals surface area contributed by atoms with E-state index in [1.165, 1.54) is 75.8 Å². The Morgan fingerprint density at radius 2 is 0.244 bits per heavy atom. The smallest absolute Gasteiger partial charge is 0.889 e. The van der Waals surface area contributed by atoms with Gasteiger partial charge in [0.1, 0.15) is 0 Å². The summed E-state index contributed by atoms with van der Waals surface area (Å²) in [6.07, 6.45) is 0. The number of rotatable bonds is 13. The first kappa shape index (κ1) is 64.2. The molecule has 0 aliphatic rings. The van der Waals surface area contributed by atoms with Crippen molar-refractivity contribution in [1.82, 2.24) is 0 Å². The Morgan fingerprint density at radius 1 is 0.151 bits per heavy atom. The summed E-state index contributed by atoms with van der Waals surface area (Å²) in [6, 6.07) is 137. The zero-order valence-electron chi connectivity index (χ0n) is 47.5. The normalized spacial score (nSPS) is 10.3. The van der Waals surface area contributed by atoms with Crippen LogP contribution in [-0.2, 0) is 20.4 Å². The van der Waals surface area contributed by atoms with Crippen molar-refractivity contribution >= 4 is 108 Å². The summed E-state index contributed by atoms with van der Waals surface area (Å²) in [5.74, 6) is 0. The monoisotopic (exact) mass is 1270 g/mol. The average molecular weight is 1280 g/mol. The van der Waals surface area contributed by atoms with Crippen molar-refractivity contribution in [2.24, 2.45) is 0 Å². The van der Waals surface area contributed by atoms with E-state index in [0.717, 1.165) is 0 Å². The van der Waals surface area contributed by atoms with Gasteiger partial charge in [-0.25, -0.2) is 0 Å². The SMILES string of the molecule is [O-]B([O-])c1ccccc1.[Pd+2].c1ccc(P(c2ccccc2)c2ccccc2)cc1.c1ccc(P(c2ccccc2)c2ccccc2)cc1.c1ccc(P(c2ccccc2)c2ccccc2)cc1.c1ccc(P(c2ccccc2)c2ccccc2)cc1. The van der Waals surface area contributed by atoms with Gasteiger partial charge in [-0.3, -0.25) is 0 Å². The van der Waals surface area contributed by atoms with E-state index in [-0.39, 0.29) is 20.4 Å². The molecule has 0 saturated heterocycles. The fourth-order valence-corrected chi connectivity index (χ4v) is 18.5. The van der Waals surface area contributed by atoms with E-state index in [1.54, 1.807) is 18.2 Å². The van der Waals surface area contributed by atoms with Gasteiger partial charge < -0.3 is 10.0 Å². The zero-order chi connectivity index (χ0) is 58.4. The van der Waals surface area contributed by atoms with Crippen molar-refractivity contribution in [1.29, 1.82) is 0 Å². The van der Waals surface area contributed by atoms with E-state index in [2.05, 4.69) is 364 Å².